The maximum absolute atomic E-state index is 6.21. The molecule has 1 aromatic carbocycles. The zero-order valence-corrected chi connectivity index (χ0v) is 12.7. The van der Waals surface area contributed by atoms with E-state index in [1.54, 1.807) is 0 Å². The van der Waals surface area contributed by atoms with Crippen LogP contribution in [0.25, 0.3) is 0 Å². The van der Waals surface area contributed by atoms with E-state index in [2.05, 4.69) is 37.5 Å². The minimum absolute atomic E-state index is 0.161. The van der Waals surface area contributed by atoms with Crippen molar-refractivity contribution >= 4 is 23.0 Å². The molecule has 18 heavy (non-hydrogen) atoms. The molecule has 0 aromatic heterocycles. The maximum atomic E-state index is 6.21. The van der Waals surface area contributed by atoms with E-state index < -0.39 is 0 Å². The molecule has 0 spiro atoms. The number of halogens is 1. The summed E-state index contributed by atoms with van der Waals surface area (Å²) < 4.78 is 0. The minimum atomic E-state index is 0.161. The van der Waals surface area contributed by atoms with Gasteiger partial charge >= 0.3 is 0 Å². The van der Waals surface area contributed by atoms with Crippen LogP contribution in [0.5, 0.6) is 0 Å². The molecule has 0 atom stereocenters. The first kappa shape index (κ1) is 15.1. The fourth-order valence-corrected chi connectivity index (χ4v) is 1.97. The van der Waals surface area contributed by atoms with Gasteiger partial charge < -0.3 is 15.5 Å². The van der Waals surface area contributed by atoms with Crippen LogP contribution in [0.2, 0.25) is 5.02 Å². The molecule has 3 nitrogen and oxygen atoms in total. The second-order valence-electron chi connectivity index (χ2n) is 5.66. The first-order chi connectivity index (χ1) is 8.29. The lowest BCUT2D eigenvalue weighted by Crippen LogP contribution is -2.38. The molecular weight excluding hydrogens is 246 g/mol. The second-order valence-corrected chi connectivity index (χ2v) is 6.07. The molecule has 0 radical (unpaired) electrons. The molecule has 2 N–H and O–H groups in total. The molecule has 0 fully saturated rings. The van der Waals surface area contributed by atoms with Gasteiger partial charge in [-0.05, 0) is 39.0 Å². The van der Waals surface area contributed by atoms with E-state index in [1.165, 1.54) is 0 Å². The summed E-state index contributed by atoms with van der Waals surface area (Å²) in [5, 5.41) is 7.56. The summed E-state index contributed by atoms with van der Waals surface area (Å²) in [6.45, 7) is 8.30. The van der Waals surface area contributed by atoms with Gasteiger partial charge in [0.25, 0.3) is 0 Å². The van der Waals surface area contributed by atoms with E-state index in [1.807, 2.05) is 31.1 Å². The summed E-state index contributed by atoms with van der Waals surface area (Å²) in [4.78, 5) is 2.01. The molecule has 0 aliphatic heterocycles. The van der Waals surface area contributed by atoms with Crippen molar-refractivity contribution in [2.45, 2.75) is 26.3 Å². The van der Waals surface area contributed by atoms with Crippen molar-refractivity contribution in [3.63, 3.8) is 0 Å². The first-order valence-electron chi connectivity index (χ1n) is 6.25. The average molecular weight is 270 g/mol. The van der Waals surface area contributed by atoms with Gasteiger partial charge in [0.2, 0.25) is 0 Å². The van der Waals surface area contributed by atoms with Crippen LogP contribution in [0.1, 0.15) is 20.8 Å². The zero-order valence-electron chi connectivity index (χ0n) is 12.0. The lowest BCUT2D eigenvalue weighted by Gasteiger charge is -2.21. The molecule has 0 aliphatic carbocycles. The largest absolute Gasteiger partial charge is 0.384 e. The van der Waals surface area contributed by atoms with Crippen molar-refractivity contribution in [3.8, 4) is 0 Å². The van der Waals surface area contributed by atoms with Gasteiger partial charge in [-0.25, -0.2) is 0 Å². The third-order valence-corrected chi connectivity index (χ3v) is 2.84. The number of benzene rings is 1. The van der Waals surface area contributed by atoms with E-state index in [0.717, 1.165) is 29.5 Å². The lowest BCUT2D eigenvalue weighted by atomic mass is 10.1. The Balaban J connectivity index is 2.47. The molecular formula is C14H24ClN3. The summed E-state index contributed by atoms with van der Waals surface area (Å²) >= 11 is 6.21. The third kappa shape index (κ3) is 5.15. The summed E-state index contributed by atoms with van der Waals surface area (Å²) in [5.41, 5.74) is 2.25. The smallest absolute Gasteiger partial charge is 0.0659 e. The van der Waals surface area contributed by atoms with E-state index in [0.29, 0.717) is 0 Å². The van der Waals surface area contributed by atoms with Crippen molar-refractivity contribution in [1.29, 1.82) is 0 Å². The summed E-state index contributed by atoms with van der Waals surface area (Å²) in [7, 11) is 3.98. The topological polar surface area (TPSA) is 27.3 Å². The highest BCUT2D eigenvalue weighted by atomic mass is 35.5. The van der Waals surface area contributed by atoms with Crippen LogP contribution >= 0.6 is 11.6 Å². The molecule has 0 saturated carbocycles. The summed E-state index contributed by atoms with van der Waals surface area (Å²) in [5.74, 6) is 0. The number of anilines is 2. The molecule has 102 valence electrons. The number of hydrogen-bond donors (Lipinski definition) is 2. The van der Waals surface area contributed by atoms with Crippen LogP contribution in [0.4, 0.5) is 11.4 Å². The SMILES string of the molecule is CN(C)c1ccc(NCCNC(C)(C)C)cc1Cl. The number of nitrogens with one attached hydrogen (secondary N) is 2. The van der Waals surface area contributed by atoms with Gasteiger partial charge in [-0.2, -0.15) is 0 Å². The quantitative estimate of drug-likeness (QED) is 0.804. The molecule has 0 amide bonds. The Morgan fingerprint density at radius 1 is 1.17 bits per heavy atom. The van der Waals surface area contributed by atoms with Crippen molar-refractivity contribution in [2.75, 3.05) is 37.4 Å². The van der Waals surface area contributed by atoms with Crippen LogP contribution in [0.15, 0.2) is 18.2 Å². The van der Waals surface area contributed by atoms with Crippen molar-refractivity contribution in [3.05, 3.63) is 23.2 Å². The predicted molar refractivity (Wildman–Crippen MR) is 82.0 cm³/mol. The minimum Gasteiger partial charge on any atom is -0.384 e. The van der Waals surface area contributed by atoms with E-state index in [4.69, 9.17) is 11.6 Å². The van der Waals surface area contributed by atoms with E-state index >= 15 is 0 Å². The van der Waals surface area contributed by atoms with Crippen molar-refractivity contribution in [1.82, 2.24) is 5.32 Å². The third-order valence-electron chi connectivity index (χ3n) is 2.54. The number of hydrogen-bond acceptors (Lipinski definition) is 3. The van der Waals surface area contributed by atoms with Crippen LogP contribution in [-0.4, -0.2) is 32.7 Å². The predicted octanol–water partition coefficient (Wildman–Crippen LogP) is 3.21. The summed E-state index contributed by atoms with van der Waals surface area (Å²) in [6, 6.07) is 6.05. The first-order valence-corrected chi connectivity index (χ1v) is 6.63. The second kappa shape index (κ2) is 6.30. The standard InChI is InChI=1S/C14H24ClN3/c1-14(2,3)17-9-8-16-11-6-7-13(18(4)5)12(15)10-11/h6-7,10,16-17H,8-9H2,1-5H3. The molecule has 0 heterocycles. The Labute approximate surface area is 116 Å². The molecule has 4 heteroatoms. The highest BCUT2D eigenvalue weighted by Crippen LogP contribution is 2.27. The van der Waals surface area contributed by atoms with Crippen LogP contribution in [-0.2, 0) is 0 Å². The summed E-state index contributed by atoms with van der Waals surface area (Å²) in [6.07, 6.45) is 0. The van der Waals surface area contributed by atoms with Gasteiger partial charge in [-0.1, -0.05) is 11.6 Å². The van der Waals surface area contributed by atoms with Crippen molar-refractivity contribution in [2.24, 2.45) is 0 Å². The van der Waals surface area contributed by atoms with E-state index in [9.17, 15) is 0 Å². The van der Waals surface area contributed by atoms with E-state index in [-0.39, 0.29) is 5.54 Å². The van der Waals surface area contributed by atoms with Gasteiger partial charge in [-0.3, -0.25) is 0 Å². The number of rotatable bonds is 5. The van der Waals surface area contributed by atoms with Crippen molar-refractivity contribution < 1.29 is 0 Å². The lowest BCUT2D eigenvalue weighted by molar-refractivity contribution is 0.435. The van der Waals surface area contributed by atoms with Crippen LogP contribution in [0, 0.1) is 0 Å². The Kier molecular flexibility index (Phi) is 5.29. The molecule has 1 rings (SSSR count). The zero-order chi connectivity index (χ0) is 13.8. The van der Waals surface area contributed by atoms with Gasteiger partial charge in [0.15, 0.2) is 0 Å². The number of nitrogens with zero attached hydrogens (tertiary/aromatic N) is 1. The van der Waals surface area contributed by atoms with Gasteiger partial charge in [0.1, 0.15) is 0 Å². The highest BCUT2D eigenvalue weighted by molar-refractivity contribution is 6.33. The van der Waals surface area contributed by atoms with Gasteiger partial charge in [0.05, 0.1) is 10.7 Å². The van der Waals surface area contributed by atoms with Gasteiger partial charge in [0, 0.05) is 38.4 Å². The van der Waals surface area contributed by atoms with Crippen LogP contribution in [0.3, 0.4) is 0 Å². The fraction of sp³-hybridized carbons (Fsp3) is 0.571. The monoisotopic (exact) mass is 269 g/mol. The Bertz CT molecular complexity index is 383. The Hall–Kier alpha value is -0.930. The highest BCUT2D eigenvalue weighted by Gasteiger charge is 2.07. The molecule has 0 unspecified atom stereocenters. The molecule has 1 aromatic rings. The molecule has 0 saturated heterocycles. The van der Waals surface area contributed by atoms with Gasteiger partial charge in [-0.15, -0.1) is 0 Å². The normalized spacial score (nSPS) is 11.4. The maximum Gasteiger partial charge on any atom is 0.0659 e. The molecule has 0 aliphatic rings. The Morgan fingerprint density at radius 2 is 1.83 bits per heavy atom. The Morgan fingerprint density at radius 3 is 2.33 bits per heavy atom. The average Bonchev–Trinajstić information content (AvgIpc) is 2.22. The van der Waals surface area contributed by atoms with Crippen LogP contribution < -0.4 is 15.5 Å². The fourth-order valence-electron chi connectivity index (χ4n) is 1.62. The molecule has 0 bridgehead atoms.